The lowest BCUT2D eigenvalue weighted by Crippen LogP contribution is -2.30. The molecule has 0 aromatic carbocycles. The summed E-state index contributed by atoms with van der Waals surface area (Å²) in [5, 5.41) is 0. The van der Waals surface area contributed by atoms with Crippen LogP contribution >= 0.6 is 0 Å². The monoisotopic (exact) mass is 259 g/mol. The highest BCUT2D eigenvalue weighted by Gasteiger charge is 2.38. The number of hydrogen-bond donors (Lipinski definition) is 0. The molecule has 1 aliphatic carbocycles. The number of halogens is 3. The van der Waals surface area contributed by atoms with Crippen molar-refractivity contribution in [3.8, 4) is 0 Å². The van der Waals surface area contributed by atoms with E-state index in [-0.39, 0.29) is 17.8 Å². The molecule has 1 aliphatic rings. The van der Waals surface area contributed by atoms with E-state index in [0.717, 1.165) is 18.3 Å². The molecule has 0 bridgehead atoms. The second-order valence-electron chi connectivity index (χ2n) is 4.36. The van der Waals surface area contributed by atoms with Gasteiger partial charge in [-0.15, -0.1) is 0 Å². The quantitative estimate of drug-likeness (QED) is 0.766. The maximum atomic E-state index is 12.5. The fourth-order valence-corrected chi connectivity index (χ4v) is 2.07. The summed E-state index contributed by atoms with van der Waals surface area (Å²) in [7, 11) is 1.30. The van der Waals surface area contributed by atoms with Gasteiger partial charge in [-0.1, -0.05) is 0 Å². The van der Waals surface area contributed by atoms with Crippen LogP contribution in [0.1, 0.15) is 30.0 Å². The Balaban J connectivity index is 2.06. The zero-order chi connectivity index (χ0) is 13.3. The van der Waals surface area contributed by atoms with Gasteiger partial charge in [0.25, 0.3) is 0 Å². The van der Waals surface area contributed by atoms with Gasteiger partial charge in [0.1, 0.15) is 0 Å². The molecule has 0 radical (unpaired) electrons. The molecule has 3 nitrogen and oxygen atoms in total. The fraction of sp³-hybridized carbons (Fsp3) is 0.500. The van der Waals surface area contributed by atoms with E-state index in [0.29, 0.717) is 18.5 Å². The van der Waals surface area contributed by atoms with Gasteiger partial charge in [-0.3, -0.25) is 9.78 Å². The van der Waals surface area contributed by atoms with E-state index < -0.39 is 11.7 Å². The summed E-state index contributed by atoms with van der Waals surface area (Å²) in [6.07, 6.45) is -2.20. The Hall–Kier alpha value is -1.59. The number of carbonyl (C=O) groups excluding carboxylic acids is 1. The number of rotatable bonds is 2. The summed E-state index contributed by atoms with van der Waals surface area (Å²) in [6.45, 7) is 0. The predicted molar refractivity (Wildman–Crippen MR) is 56.7 cm³/mol. The molecule has 1 saturated carbocycles. The zero-order valence-electron chi connectivity index (χ0n) is 9.70. The predicted octanol–water partition coefficient (Wildman–Crippen LogP) is 2.77. The third-order valence-corrected chi connectivity index (χ3v) is 3.20. The van der Waals surface area contributed by atoms with Gasteiger partial charge in [-0.05, 0) is 25.0 Å². The maximum Gasteiger partial charge on any atom is 0.416 e. The molecular formula is C12H12F3NO2. The van der Waals surface area contributed by atoms with Gasteiger partial charge in [0.15, 0.2) is 0 Å². The van der Waals surface area contributed by atoms with Crippen molar-refractivity contribution in [1.82, 2.24) is 4.98 Å². The number of esters is 1. The van der Waals surface area contributed by atoms with Gasteiger partial charge in [0, 0.05) is 17.8 Å². The molecule has 1 heterocycles. The van der Waals surface area contributed by atoms with E-state index in [4.69, 9.17) is 0 Å². The van der Waals surface area contributed by atoms with Crippen LogP contribution in [0.15, 0.2) is 18.3 Å². The lowest BCUT2D eigenvalue weighted by Gasteiger charge is -2.32. The molecule has 1 fully saturated rings. The number of pyridine rings is 1. The first-order chi connectivity index (χ1) is 8.41. The van der Waals surface area contributed by atoms with Crippen molar-refractivity contribution in [3.63, 3.8) is 0 Å². The van der Waals surface area contributed by atoms with E-state index >= 15 is 0 Å². The van der Waals surface area contributed by atoms with Gasteiger partial charge in [-0.2, -0.15) is 13.2 Å². The van der Waals surface area contributed by atoms with Crippen LogP contribution in [0, 0.1) is 5.92 Å². The maximum absolute atomic E-state index is 12.5. The first-order valence-corrected chi connectivity index (χ1v) is 5.52. The molecule has 0 N–H and O–H groups in total. The second-order valence-corrected chi connectivity index (χ2v) is 4.36. The van der Waals surface area contributed by atoms with Crippen LogP contribution in [-0.4, -0.2) is 18.1 Å². The molecule has 2 rings (SSSR count). The van der Waals surface area contributed by atoms with Crippen molar-refractivity contribution in [2.75, 3.05) is 7.11 Å². The number of alkyl halides is 3. The van der Waals surface area contributed by atoms with Gasteiger partial charge in [0.2, 0.25) is 0 Å². The number of methoxy groups -OCH3 is 1. The summed E-state index contributed by atoms with van der Waals surface area (Å²) in [6, 6.07) is 2.00. The van der Waals surface area contributed by atoms with E-state index in [9.17, 15) is 18.0 Å². The van der Waals surface area contributed by atoms with Crippen LogP contribution in [0.5, 0.6) is 0 Å². The third-order valence-electron chi connectivity index (χ3n) is 3.20. The summed E-state index contributed by atoms with van der Waals surface area (Å²) < 4.78 is 42.1. The van der Waals surface area contributed by atoms with E-state index in [1.54, 1.807) is 0 Å². The lowest BCUT2D eigenvalue weighted by molar-refractivity contribution is -0.149. The molecule has 0 aliphatic heterocycles. The molecule has 6 heteroatoms. The normalized spacial score (nSPS) is 23.3. The second kappa shape index (κ2) is 4.59. The molecule has 98 valence electrons. The Bertz CT molecular complexity index is 453. The summed E-state index contributed by atoms with van der Waals surface area (Å²) >= 11 is 0. The lowest BCUT2D eigenvalue weighted by atomic mass is 9.73. The molecule has 18 heavy (non-hydrogen) atoms. The van der Waals surface area contributed by atoms with Gasteiger partial charge < -0.3 is 4.74 Å². The molecule has 0 atom stereocenters. The Labute approximate surface area is 102 Å². The van der Waals surface area contributed by atoms with Crippen molar-refractivity contribution in [1.29, 1.82) is 0 Å². The molecule has 0 unspecified atom stereocenters. The van der Waals surface area contributed by atoms with E-state index in [1.165, 1.54) is 7.11 Å². The van der Waals surface area contributed by atoms with Crippen LogP contribution in [0.3, 0.4) is 0 Å². The average Bonchev–Trinajstić information content (AvgIpc) is 2.26. The van der Waals surface area contributed by atoms with E-state index in [1.807, 2.05) is 0 Å². The van der Waals surface area contributed by atoms with Gasteiger partial charge in [0.05, 0.1) is 18.6 Å². The largest absolute Gasteiger partial charge is 0.469 e. The highest BCUT2D eigenvalue weighted by Crippen LogP contribution is 2.42. The Kier molecular flexibility index (Phi) is 3.28. The first kappa shape index (κ1) is 12.9. The zero-order valence-corrected chi connectivity index (χ0v) is 9.70. The highest BCUT2D eigenvalue weighted by molar-refractivity contribution is 5.73. The van der Waals surface area contributed by atoms with Crippen molar-refractivity contribution < 1.29 is 22.7 Å². The Morgan fingerprint density at radius 3 is 2.67 bits per heavy atom. The van der Waals surface area contributed by atoms with Crippen molar-refractivity contribution in [2.45, 2.75) is 24.9 Å². The minimum absolute atomic E-state index is 0.0867. The summed E-state index contributed by atoms with van der Waals surface area (Å²) in [5.41, 5.74) is -0.306. The van der Waals surface area contributed by atoms with E-state index in [2.05, 4.69) is 9.72 Å². The first-order valence-electron chi connectivity index (χ1n) is 5.52. The van der Waals surface area contributed by atoms with Crippen molar-refractivity contribution in [2.24, 2.45) is 5.92 Å². The molecular weight excluding hydrogens is 247 g/mol. The van der Waals surface area contributed by atoms with Crippen LogP contribution in [0.2, 0.25) is 0 Å². The van der Waals surface area contributed by atoms with Gasteiger partial charge >= 0.3 is 12.1 Å². The number of aromatic nitrogens is 1. The number of nitrogens with zero attached hydrogens (tertiary/aromatic N) is 1. The van der Waals surface area contributed by atoms with Crippen LogP contribution in [0.25, 0.3) is 0 Å². The highest BCUT2D eigenvalue weighted by atomic mass is 19.4. The topological polar surface area (TPSA) is 39.2 Å². The standard InChI is InChI=1S/C12H12F3NO2/c1-18-11(17)8-4-7(5-8)10-6-9(2-3-16-10)12(13,14)15/h2-3,6-8H,4-5H2,1H3. The number of carbonyl (C=O) groups is 1. The summed E-state index contributed by atoms with van der Waals surface area (Å²) in [4.78, 5) is 15.1. The van der Waals surface area contributed by atoms with Crippen LogP contribution in [0.4, 0.5) is 13.2 Å². The SMILES string of the molecule is COC(=O)C1CC(c2cc(C(F)(F)F)ccn2)C1. The molecule has 1 aromatic heterocycles. The minimum Gasteiger partial charge on any atom is -0.469 e. The van der Waals surface area contributed by atoms with Crippen LogP contribution in [-0.2, 0) is 15.7 Å². The van der Waals surface area contributed by atoms with Crippen LogP contribution < -0.4 is 0 Å². The minimum atomic E-state index is -4.36. The number of ether oxygens (including phenoxy) is 1. The molecule has 0 amide bonds. The molecule has 1 aromatic rings. The summed E-state index contributed by atoms with van der Waals surface area (Å²) in [5.74, 6) is -0.606. The average molecular weight is 259 g/mol. The number of hydrogen-bond acceptors (Lipinski definition) is 3. The molecule has 0 spiro atoms. The smallest absolute Gasteiger partial charge is 0.416 e. The van der Waals surface area contributed by atoms with Gasteiger partial charge in [-0.25, -0.2) is 0 Å². The van der Waals surface area contributed by atoms with Crippen molar-refractivity contribution in [3.05, 3.63) is 29.6 Å². The fourth-order valence-electron chi connectivity index (χ4n) is 2.07. The Morgan fingerprint density at radius 2 is 2.11 bits per heavy atom. The Morgan fingerprint density at radius 1 is 1.44 bits per heavy atom. The molecule has 0 saturated heterocycles. The van der Waals surface area contributed by atoms with Crippen molar-refractivity contribution >= 4 is 5.97 Å². The third kappa shape index (κ3) is 2.47.